The second kappa shape index (κ2) is 6.57. The maximum Gasteiger partial charge on any atom is 0.123 e. The summed E-state index contributed by atoms with van der Waals surface area (Å²) < 4.78 is 13.2. The van der Waals surface area contributed by atoms with Gasteiger partial charge in [0.05, 0.1) is 0 Å². The highest BCUT2D eigenvalue weighted by atomic mass is 19.1. The molecule has 1 aromatic carbocycles. The molecule has 0 radical (unpaired) electrons. The lowest BCUT2D eigenvalue weighted by molar-refractivity contribution is 0.416. The fourth-order valence-corrected chi connectivity index (χ4v) is 1.75. The van der Waals surface area contributed by atoms with Crippen molar-refractivity contribution in [3.05, 3.63) is 29.6 Å². The quantitative estimate of drug-likeness (QED) is 0.813. The zero-order chi connectivity index (χ0) is 12.8. The van der Waals surface area contributed by atoms with Crippen LogP contribution in [0.3, 0.4) is 0 Å². The third-order valence-corrected chi connectivity index (χ3v) is 2.75. The van der Waals surface area contributed by atoms with Crippen molar-refractivity contribution in [2.45, 2.75) is 6.42 Å². The van der Waals surface area contributed by atoms with Crippen molar-refractivity contribution in [2.24, 2.45) is 5.73 Å². The molecular formula is C13H22FN3. The molecule has 96 valence electrons. The first-order valence-corrected chi connectivity index (χ1v) is 5.89. The Morgan fingerprint density at radius 3 is 2.47 bits per heavy atom. The topological polar surface area (TPSA) is 32.5 Å². The van der Waals surface area contributed by atoms with E-state index in [9.17, 15) is 4.39 Å². The zero-order valence-electron chi connectivity index (χ0n) is 10.9. The molecule has 0 bridgehead atoms. The Bertz CT molecular complexity index is 353. The van der Waals surface area contributed by atoms with Crippen LogP contribution in [0, 0.1) is 5.82 Å². The summed E-state index contributed by atoms with van der Waals surface area (Å²) in [7, 11) is 6.11. The highest BCUT2D eigenvalue weighted by Gasteiger charge is 2.08. The number of halogens is 1. The molecule has 2 N–H and O–H groups in total. The Hall–Kier alpha value is -1.13. The molecule has 4 heteroatoms. The third kappa shape index (κ3) is 4.32. The SMILES string of the molecule is CN(C)CCN(C)c1ccc(F)cc1CCN. The first-order chi connectivity index (χ1) is 8.04. The van der Waals surface area contributed by atoms with Crippen LogP contribution in [0.1, 0.15) is 5.56 Å². The van der Waals surface area contributed by atoms with Crippen molar-refractivity contribution < 1.29 is 4.39 Å². The van der Waals surface area contributed by atoms with Crippen molar-refractivity contribution in [1.82, 2.24) is 4.90 Å². The van der Waals surface area contributed by atoms with Crippen LogP contribution in [-0.2, 0) is 6.42 Å². The largest absolute Gasteiger partial charge is 0.373 e. The van der Waals surface area contributed by atoms with E-state index < -0.39 is 0 Å². The van der Waals surface area contributed by atoms with E-state index >= 15 is 0 Å². The summed E-state index contributed by atoms with van der Waals surface area (Å²) in [5.74, 6) is -0.196. The smallest absolute Gasteiger partial charge is 0.123 e. The van der Waals surface area contributed by atoms with E-state index in [0.29, 0.717) is 13.0 Å². The summed E-state index contributed by atoms with van der Waals surface area (Å²) in [5, 5.41) is 0. The molecule has 0 atom stereocenters. The Kier molecular flexibility index (Phi) is 5.38. The monoisotopic (exact) mass is 239 g/mol. The number of hydrogen-bond donors (Lipinski definition) is 1. The van der Waals surface area contributed by atoms with Crippen LogP contribution in [0.4, 0.5) is 10.1 Å². The minimum absolute atomic E-state index is 0.196. The Morgan fingerprint density at radius 2 is 1.88 bits per heavy atom. The van der Waals surface area contributed by atoms with E-state index in [-0.39, 0.29) is 5.82 Å². The molecule has 0 fully saturated rings. The van der Waals surface area contributed by atoms with Crippen LogP contribution < -0.4 is 10.6 Å². The molecule has 3 nitrogen and oxygen atoms in total. The Labute approximate surface area is 103 Å². The van der Waals surface area contributed by atoms with Crippen molar-refractivity contribution in [1.29, 1.82) is 0 Å². The van der Waals surface area contributed by atoms with Gasteiger partial charge < -0.3 is 15.5 Å². The minimum Gasteiger partial charge on any atom is -0.373 e. The molecule has 0 aliphatic rings. The molecule has 0 aliphatic carbocycles. The highest BCUT2D eigenvalue weighted by molar-refractivity contribution is 5.53. The van der Waals surface area contributed by atoms with E-state index in [1.165, 1.54) is 6.07 Å². The number of nitrogens with two attached hydrogens (primary N) is 1. The molecule has 0 heterocycles. The number of benzene rings is 1. The molecule has 0 saturated heterocycles. The van der Waals surface area contributed by atoms with Crippen LogP contribution in [0.2, 0.25) is 0 Å². The van der Waals surface area contributed by atoms with Gasteiger partial charge in [0.25, 0.3) is 0 Å². The molecule has 0 aliphatic heterocycles. The first kappa shape index (κ1) is 13.9. The summed E-state index contributed by atoms with van der Waals surface area (Å²) >= 11 is 0. The Morgan fingerprint density at radius 1 is 1.18 bits per heavy atom. The number of nitrogens with zero attached hydrogens (tertiary/aromatic N) is 2. The predicted octanol–water partition coefficient (Wildman–Crippen LogP) is 1.32. The summed E-state index contributed by atoms with van der Waals surface area (Å²) in [6.07, 6.45) is 0.708. The van der Waals surface area contributed by atoms with E-state index in [1.54, 1.807) is 6.07 Å². The molecule has 0 aromatic heterocycles. The average Bonchev–Trinajstić information content (AvgIpc) is 2.26. The van der Waals surface area contributed by atoms with E-state index in [0.717, 1.165) is 24.3 Å². The summed E-state index contributed by atoms with van der Waals surface area (Å²) in [4.78, 5) is 4.27. The van der Waals surface area contributed by atoms with E-state index in [1.807, 2.05) is 27.2 Å². The molecule has 17 heavy (non-hydrogen) atoms. The van der Waals surface area contributed by atoms with Gasteiger partial charge >= 0.3 is 0 Å². The van der Waals surface area contributed by atoms with Crippen LogP contribution in [0.5, 0.6) is 0 Å². The second-order valence-corrected chi connectivity index (χ2v) is 4.54. The van der Waals surface area contributed by atoms with Gasteiger partial charge in [-0.15, -0.1) is 0 Å². The summed E-state index contributed by atoms with van der Waals surface area (Å²) in [5.41, 5.74) is 7.60. The van der Waals surface area contributed by atoms with Crippen molar-refractivity contribution in [3.63, 3.8) is 0 Å². The molecule has 1 aromatic rings. The molecule has 0 unspecified atom stereocenters. The van der Waals surface area contributed by atoms with Crippen LogP contribution >= 0.6 is 0 Å². The van der Waals surface area contributed by atoms with Gasteiger partial charge in [0, 0.05) is 25.8 Å². The standard InChI is InChI=1S/C13H22FN3/c1-16(2)8-9-17(3)13-5-4-12(14)10-11(13)6-7-15/h4-5,10H,6-9,15H2,1-3H3. The van der Waals surface area contributed by atoms with Crippen molar-refractivity contribution in [3.8, 4) is 0 Å². The zero-order valence-corrected chi connectivity index (χ0v) is 10.9. The van der Waals surface area contributed by atoms with E-state index in [2.05, 4.69) is 9.80 Å². The van der Waals surface area contributed by atoms with Crippen molar-refractivity contribution in [2.75, 3.05) is 45.7 Å². The summed E-state index contributed by atoms with van der Waals surface area (Å²) in [6.45, 7) is 2.42. The van der Waals surface area contributed by atoms with Gasteiger partial charge in [0.2, 0.25) is 0 Å². The third-order valence-electron chi connectivity index (χ3n) is 2.75. The average molecular weight is 239 g/mol. The van der Waals surface area contributed by atoms with Gasteiger partial charge in [-0.3, -0.25) is 0 Å². The van der Waals surface area contributed by atoms with Crippen molar-refractivity contribution >= 4 is 5.69 Å². The maximum absolute atomic E-state index is 13.2. The number of likely N-dealkylation sites (N-methyl/N-ethyl adjacent to an activating group) is 2. The van der Waals surface area contributed by atoms with Gasteiger partial charge in [-0.05, 0) is 50.8 Å². The normalized spacial score (nSPS) is 10.9. The molecule has 1 rings (SSSR count). The van der Waals surface area contributed by atoms with Gasteiger partial charge in [0.15, 0.2) is 0 Å². The predicted molar refractivity (Wildman–Crippen MR) is 71.0 cm³/mol. The van der Waals surface area contributed by atoms with Gasteiger partial charge in [-0.25, -0.2) is 4.39 Å². The molecule has 0 amide bonds. The van der Waals surface area contributed by atoms with Gasteiger partial charge in [-0.2, -0.15) is 0 Å². The first-order valence-electron chi connectivity index (χ1n) is 5.89. The number of anilines is 1. The number of hydrogen-bond acceptors (Lipinski definition) is 3. The maximum atomic E-state index is 13.2. The van der Waals surface area contributed by atoms with Crippen LogP contribution in [0.15, 0.2) is 18.2 Å². The fourth-order valence-electron chi connectivity index (χ4n) is 1.75. The lowest BCUT2D eigenvalue weighted by atomic mass is 10.1. The van der Waals surface area contributed by atoms with Crippen LogP contribution in [0.25, 0.3) is 0 Å². The fraction of sp³-hybridized carbons (Fsp3) is 0.538. The lowest BCUT2D eigenvalue weighted by Gasteiger charge is -2.24. The second-order valence-electron chi connectivity index (χ2n) is 4.54. The van der Waals surface area contributed by atoms with E-state index in [4.69, 9.17) is 5.73 Å². The summed E-state index contributed by atoms with van der Waals surface area (Å²) in [6, 6.07) is 4.91. The minimum atomic E-state index is -0.196. The van der Waals surface area contributed by atoms with Gasteiger partial charge in [0.1, 0.15) is 5.82 Å². The molecular weight excluding hydrogens is 217 g/mol. The Balaban J connectivity index is 2.80. The van der Waals surface area contributed by atoms with Gasteiger partial charge in [-0.1, -0.05) is 0 Å². The van der Waals surface area contributed by atoms with Crippen LogP contribution in [-0.4, -0.2) is 45.7 Å². The molecule has 0 saturated carbocycles. The highest BCUT2D eigenvalue weighted by Crippen LogP contribution is 2.20. The molecule has 0 spiro atoms. The number of rotatable bonds is 6. The lowest BCUT2D eigenvalue weighted by Crippen LogP contribution is -2.29.